The maximum absolute atomic E-state index is 2.38. The van der Waals surface area contributed by atoms with Gasteiger partial charge in [-0.25, -0.2) is 0 Å². The Morgan fingerprint density at radius 3 is 0.674 bits per heavy atom. The Hall–Kier alpha value is -4.88. The topological polar surface area (TPSA) is 3.24 Å². The Labute approximate surface area is 257 Å². The van der Waals surface area contributed by atoms with Gasteiger partial charge in [-0.1, -0.05) is 127 Å². The minimum atomic E-state index is 1.04. The van der Waals surface area contributed by atoms with Crippen LogP contribution in [0, 0.1) is 0 Å². The summed E-state index contributed by atoms with van der Waals surface area (Å²) in [6.07, 6.45) is 6.28. The van der Waals surface area contributed by atoms with Crippen LogP contribution in [0.4, 0.5) is 17.1 Å². The molecule has 212 valence electrons. The number of rotatable bonds is 12. The first kappa shape index (κ1) is 28.2. The molecule has 0 aliphatic heterocycles. The summed E-state index contributed by atoms with van der Waals surface area (Å²) < 4.78 is 0. The van der Waals surface area contributed by atoms with Gasteiger partial charge in [0.15, 0.2) is 0 Å². The molecule has 0 fully saturated rings. The molecule has 43 heavy (non-hydrogen) atoms. The number of anilines is 3. The summed E-state index contributed by atoms with van der Waals surface area (Å²) in [5.41, 5.74) is 11.8. The molecule has 6 aromatic carbocycles. The van der Waals surface area contributed by atoms with Crippen LogP contribution in [0.15, 0.2) is 164 Å². The highest BCUT2D eigenvalue weighted by Crippen LogP contribution is 2.35. The van der Waals surface area contributed by atoms with Gasteiger partial charge in [-0.05, 0) is 108 Å². The average Bonchev–Trinajstić information content (AvgIpc) is 3.09. The molecule has 0 bridgehead atoms. The van der Waals surface area contributed by atoms with E-state index in [1.165, 1.54) is 50.4 Å². The van der Waals surface area contributed by atoms with E-state index < -0.39 is 0 Å². The second-order valence-electron chi connectivity index (χ2n) is 11.3. The van der Waals surface area contributed by atoms with Crippen LogP contribution >= 0.6 is 0 Å². The lowest BCUT2D eigenvalue weighted by atomic mass is 10.0. The van der Waals surface area contributed by atoms with Gasteiger partial charge in [0.25, 0.3) is 0 Å². The molecule has 0 aliphatic carbocycles. The summed E-state index contributed by atoms with van der Waals surface area (Å²) in [7, 11) is 0. The second kappa shape index (κ2) is 14.3. The van der Waals surface area contributed by atoms with Crippen LogP contribution in [0.1, 0.15) is 33.4 Å². The highest BCUT2D eigenvalue weighted by Gasteiger charge is 2.13. The van der Waals surface area contributed by atoms with Crippen molar-refractivity contribution in [2.45, 2.75) is 38.5 Å². The summed E-state index contributed by atoms with van der Waals surface area (Å²) in [6.45, 7) is 0. The van der Waals surface area contributed by atoms with Crippen molar-refractivity contribution in [1.82, 2.24) is 0 Å². The Bertz CT molecular complexity index is 1450. The standard InChI is InChI=1S/C42H39N/c1-4-10-34(11-5-1)16-19-37-22-28-40(29-23-37)43(41-30-24-38(25-31-41)20-17-35-12-6-2-7-13-35)42-32-26-39(27-33-42)21-18-36-14-8-3-9-15-36/h1-15,22-33H,16-21H2. The Kier molecular flexibility index (Phi) is 9.42. The number of hydrogen-bond acceptors (Lipinski definition) is 1. The zero-order chi connectivity index (χ0) is 29.1. The van der Waals surface area contributed by atoms with Crippen molar-refractivity contribution in [3.05, 3.63) is 197 Å². The van der Waals surface area contributed by atoms with Crippen LogP contribution in [0.25, 0.3) is 0 Å². The summed E-state index contributed by atoms with van der Waals surface area (Å²) in [5.74, 6) is 0. The van der Waals surface area contributed by atoms with E-state index in [4.69, 9.17) is 0 Å². The SMILES string of the molecule is c1ccc(CCc2ccc(N(c3ccc(CCc4ccccc4)cc3)c3ccc(CCc4ccccc4)cc3)cc2)cc1. The molecule has 0 aliphatic rings. The molecule has 1 heteroatoms. The maximum Gasteiger partial charge on any atom is 0.0461 e. The number of aryl methyl sites for hydroxylation is 6. The fourth-order valence-electron chi connectivity index (χ4n) is 5.68. The molecular weight excluding hydrogens is 518 g/mol. The largest absolute Gasteiger partial charge is 0.311 e. The van der Waals surface area contributed by atoms with Gasteiger partial charge >= 0.3 is 0 Å². The van der Waals surface area contributed by atoms with Crippen molar-refractivity contribution >= 4 is 17.1 Å². The van der Waals surface area contributed by atoms with Crippen LogP contribution in [-0.2, 0) is 38.5 Å². The van der Waals surface area contributed by atoms with Gasteiger partial charge in [-0.2, -0.15) is 0 Å². The monoisotopic (exact) mass is 557 g/mol. The van der Waals surface area contributed by atoms with Crippen molar-refractivity contribution in [1.29, 1.82) is 0 Å². The highest BCUT2D eigenvalue weighted by molar-refractivity contribution is 5.76. The third kappa shape index (κ3) is 7.90. The van der Waals surface area contributed by atoms with Gasteiger partial charge in [0.05, 0.1) is 0 Å². The van der Waals surface area contributed by atoms with E-state index in [1.54, 1.807) is 0 Å². The molecule has 0 saturated carbocycles. The molecule has 0 saturated heterocycles. The molecule has 0 aromatic heterocycles. The smallest absolute Gasteiger partial charge is 0.0461 e. The Morgan fingerprint density at radius 2 is 0.442 bits per heavy atom. The maximum atomic E-state index is 2.38. The number of benzene rings is 6. The van der Waals surface area contributed by atoms with Gasteiger partial charge in [0, 0.05) is 17.1 Å². The summed E-state index contributed by atoms with van der Waals surface area (Å²) >= 11 is 0. The average molecular weight is 558 g/mol. The first-order valence-corrected chi connectivity index (χ1v) is 15.5. The van der Waals surface area contributed by atoms with Crippen LogP contribution in [0.2, 0.25) is 0 Å². The Balaban J connectivity index is 1.21. The van der Waals surface area contributed by atoms with Crippen molar-refractivity contribution in [3.8, 4) is 0 Å². The van der Waals surface area contributed by atoms with Crippen molar-refractivity contribution < 1.29 is 0 Å². The van der Waals surface area contributed by atoms with Gasteiger partial charge in [0.1, 0.15) is 0 Å². The zero-order valence-electron chi connectivity index (χ0n) is 24.8. The predicted molar refractivity (Wildman–Crippen MR) is 183 cm³/mol. The lowest BCUT2D eigenvalue weighted by Gasteiger charge is -2.26. The van der Waals surface area contributed by atoms with Crippen LogP contribution < -0.4 is 4.90 Å². The lowest BCUT2D eigenvalue weighted by Crippen LogP contribution is -2.10. The van der Waals surface area contributed by atoms with Gasteiger partial charge < -0.3 is 4.90 Å². The van der Waals surface area contributed by atoms with Crippen LogP contribution in [0.5, 0.6) is 0 Å². The van der Waals surface area contributed by atoms with Crippen molar-refractivity contribution in [3.63, 3.8) is 0 Å². The van der Waals surface area contributed by atoms with E-state index in [2.05, 4.69) is 169 Å². The fraction of sp³-hybridized carbons (Fsp3) is 0.143. The first-order chi connectivity index (χ1) is 21.3. The predicted octanol–water partition coefficient (Wildman–Crippen LogP) is 10.5. The van der Waals surface area contributed by atoms with Crippen LogP contribution in [0.3, 0.4) is 0 Å². The summed E-state index contributed by atoms with van der Waals surface area (Å²) in [5, 5.41) is 0. The number of nitrogens with zero attached hydrogens (tertiary/aromatic N) is 1. The molecule has 0 N–H and O–H groups in total. The molecule has 0 unspecified atom stereocenters. The molecular formula is C42H39N. The highest BCUT2D eigenvalue weighted by atomic mass is 15.1. The van der Waals surface area contributed by atoms with Crippen LogP contribution in [-0.4, -0.2) is 0 Å². The third-order valence-corrected chi connectivity index (χ3v) is 8.22. The lowest BCUT2D eigenvalue weighted by molar-refractivity contribution is 0.958. The molecule has 1 nitrogen and oxygen atoms in total. The summed E-state index contributed by atoms with van der Waals surface area (Å²) in [4.78, 5) is 2.38. The van der Waals surface area contributed by atoms with Crippen molar-refractivity contribution in [2.75, 3.05) is 4.90 Å². The molecule has 0 amide bonds. The molecule has 0 radical (unpaired) electrons. The molecule has 6 rings (SSSR count). The molecule has 6 aromatic rings. The van der Waals surface area contributed by atoms with Gasteiger partial charge in [0.2, 0.25) is 0 Å². The minimum absolute atomic E-state index is 1.04. The Morgan fingerprint density at radius 1 is 0.233 bits per heavy atom. The van der Waals surface area contributed by atoms with E-state index >= 15 is 0 Å². The van der Waals surface area contributed by atoms with E-state index in [-0.39, 0.29) is 0 Å². The number of hydrogen-bond donors (Lipinski definition) is 0. The fourth-order valence-corrected chi connectivity index (χ4v) is 5.68. The second-order valence-corrected chi connectivity index (χ2v) is 11.3. The zero-order valence-corrected chi connectivity index (χ0v) is 24.8. The molecule has 0 spiro atoms. The normalized spacial score (nSPS) is 10.9. The van der Waals surface area contributed by atoms with Crippen molar-refractivity contribution in [2.24, 2.45) is 0 Å². The first-order valence-electron chi connectivity index (χ1n) is 15.5. The van der Waals surface area contributed by atoms with Gasteiger partial charge in [-0.15, -0.1) is 0 Å². The molecule has 0 heterocycles. The molecule has 0 atom stereocenters. The van der Waals surface area contributed by atoms with Gasteiger partial charge in [-0.3, -0.25) is 0 Å². The quantitative estimate of drug-likeness (QED) is 0.145. The van der Waals surface area contributed by atoms with E-state index in [0.29, 0.717) is 0 Å². The van der Waals surface area contributed by atoms with E-state index in [1.807, 2.05) is 0 Å². The minimum Gasteiger partial charge on any atom is -0.311 e. The third-order valence-electron chi connectivity index (χ3n) is 8.22. The summed E-state index contributed by atoms with van der Waals surface area (Å²) in [6, 6.07) is 59.6. The van der Waals surface area contributed by atoms with E-state index in [0.717, 1.165) is 38.5 Å². The van der Waals surface area contributed by atoms with E-state index in [9.17, 15) is 0 Å².